The van der Waals surface area contributed by atoms with Crippen molar-refractivity contribution >= 4 is 11.9 Å². The molecule has 2 aromatic rings. The number of nitrogens with zero attached hydrogens (tertiary/aromatic N) is 5. The fourth-order valence-corrected chi connectivity index (χ4v) is 4.23. The molecule has 0 spiro atoms. The smallest absolute Gasteiger partial charge is 0.222 e. The topological polar surface area (TPSA) is 87.4 Å². The molecule has 1 saturated heterocycles. The zero-order valence-electron chi connectivity index (χ0n) is 18.6. The Labute approximate surface area is 184 Å². The van der Waals surface area contributed by atoms with Gasteiger partial charge in [0.1, 0.15) is 5.82 Å². The van der Waals surface area contributed by atoms with E-state index in [-0.39, 0.29) is 11.9 Å². The quantitative estimate of drug-likeness (QED) is 0.526. The molecule has 1 aromatic heterocycles. The average molecular weight is 424 g/mol. The molecule has 0 bridgehead atoms. The molecule has 0 aliphatic carbocycles. The van der Waals surface area contributed by atoms with Crippen molar-refractivity contribution in [3.8, 4) is 0 Å². The summed E-state index contributed by atoms with van der Waals surface area (Å²) >= 11 is 0. The number of benzene rings is 1. The van der Waals surface area contributed by atoms with Crippen LogP contribution in [-0.2, 0) is 37.3 Å². The van der Waals surface area contributed by atoms with Crippen LogP contribution in [0.15, 0.2) is 29.3 Å². The Kier molecular flexibility index (Phi) is 6.84. The highest BCUT2D eigenvalue weighted by atomic mass is 16.2. The number of rotatable bonds is 7. The molecule has 1 aromatic carbocycles. The maximum absolute atomic E-state index is 11.9. The zero-order chi connectivity index (χ0) is 21.6. The molecule has 31 heavy (non-hydrogen) atoms. The number of carbonyl (C=O) groups excluding carboxylic acids is 1. The van der Waals surface area contributed by atoms with Gasteiger partial charge in [0, 0.05) is 44.9 Å². The average Bonchev–Trinajstić information content (AvgIpc) is 3.38. The number of fused-ring (bicyclic) bond motifs is 1. The Morgan fingerprint density at radius 1 is 1.26 bits per heavy atom. The van der Waals surface area contributed by atoms with Gasteiger partial charge in [-0.3, -0.25) is 4.79 Å². The second kappa shape index (κ2) is 9.94. The van der Waals surface area contributed by atoms with Crippen LogP contribution in [0.5, 0.6) is 0 Å². The van der Waals surface area contributed by atoms with Gasteiger partial charge >= 0.3 is 0 Å². The van der Waals surface area contributed by atoms with Gasteiger partial charge in [-0.15, -0.1) is 0 Å². The normalized spacial score (nSPS) is 18.9. The monoisotopic (exact) mass is 423 g/mol. The van der Waals surface area contributed by atoms with Crippen molar-refractivity contribution in [1.29, 1.82) is 0 Å². The van der Waals surface area contributed by atoms with Crippen LogP contribution in [0.2, 0.25) is 0 Å². The first-order valence-electron chi connectivity index (χ1n) is 11.5. The van der Waals surface area contributed by atoms with Gasteiger partial charge in [0.05, 0.1) is 13.1 Å². The Morgan fingerprint density at radius 3 is 2.90 bits per heavy atom. The largest absolute Gasteiger partial charge is 0.357 e. The van der Waals surface area contributed by atoms with Crippen molar-refractivity contribution in [3.05, 3.63) is 47.0 Å². The number of carbonyl (C=O) groups is 1. The predicted octanol–water partition coefficient (Wildman–Crippen LogP) is 2.03. The van der Waals surface area contributed by atoms with Crippen LogP contribution in [0.3, 0.4) is 0 Å². The minimum absolute atomic E-state index is 0.260. The third-order valence-electron chi connectivity index (χ3n) is 5.86. The van der Waals surface area contributed by atoms with Gasteiger partial charge in [0.25, 0.3) is 0 Å². The minimum Gasteiger partial charge on any atom is -0.357 e. The second-order valence-electron chi connectivity index (χ2n) is 8.29. The summed E-state index contributed by atoms with van der Waals surface area (Å²) in [5, 5.41) is 11.5. The van der Waals surface area contributed by atoms with E-state index in [1.807, 2.05) is 9.58 Å². The van der Waals surface area contributed by atoms with Gasteiger partial charge in [-0.05, 0) is 30.9 Å². The third-order valence-corrected chi connectivity index (χ3v) is 5.86. The summed E-state index contributed by atoms with van der Waals surface area (Å²) < 4.78 is 2.03. The summed E-state index contributed by atoms with van der Waals surface area (Å²) in [6, 6.07) is 8.68. The lowest BCUT2D eigenvalue weighted by Gasteiger charge is -2.25. The van der Waals surface area contributed by atoms with Gasteiger partial charge in [-0.25, -0.2) is 14.7 Å². The molecule has 8 heteroatoms. The Hall–Kier alpha value is -2.90. The van der Waals surface area contributed by atoms with Crippen molar-refractivity contribution in [1.82, 2.24) is 30.3 Å². The number of aliphatic imine (C=N–C) groups is 1. The van der Waals surface area contributed by atoms with E-state index in [0.29, 0.717) is 19.5 Å². The van der Waals surface area contributed by atoms with Gasteiger partial charge in [0.15, 0.2) is 11.8 Å². The Bertz CT molecular complexity index is 936. The van der Waals surface area contributed by atoms with Crippen LogP contribution in [-0.4, -0.2) is 50.7 Å². The Balaban J connectivity index is 1.37. The van der Waals surface area contributed by atoms with E-state index in [0.717, 1.165) is 68.5 Å². The van der Waals surface area contributed by atoms with Crippen molar-refractivity contribution in [2.45, 2.75) is 71.6 Å². The number of hydrogen-bond acceptors (Lipinski definition) is 4. The van der Waals surface area contributed by atoms with Crippen LogP contribution < -0.4 is 10.6 Å². The molecule has 2 N–H and O–H groups in total. The SMILES string of the molecule is CCNC(=NCc1cccc(CN2CCCC2=O)c1)NC1CCc2nc(CC)nn2C1. The summed E-state index contributed by atoms with van der Waals surface area (Å²) in [7, 11) is 0. The fourth-order valence-electron chi connectivity index (χ4n) is 4.23. The number of likely N-dealkylation sites (tertiary alicyclic amines) is 1. The van der Waals surface area contributed by atoms with E-state index in [2.05, 4.69) is 58.8 Å². The summed E-state index contributed by atoms with van der Waals surface area (Å²) in [5.74, 6) is 3.10. The van der Waals surface area contributed by atoms with E-state index in [1.165, 1.54) is 5.56 Å². The summed E-state index contributed by atoms with van der Waals surface area (Å²) in [4.78, 5) is 23.3. The lowest BCUT2D eigenvalue weighted by molar-refractivity contribution is -0.128. The van der Waals surface area contributed by atoms with Gasteiger partial charge in [-0.1, -0.05) is 31.2 Å². The van der Waals surface area contributed by atoms with Gasteiger partial charge < -0.3 is 15.5 Å². The molecule has 2 aliphatic heterocycles. The Morgan fingerprint density at radius 2 is 2.13 bits per heavy atom. The number of nitrogens with one attached hydrogen (secondary N) is 2. The molecular formula is C23H33N7O. The van der Waals surface area contributed by atoms with Crippen LogP contribution in [0, 0.1) is 0 Å². The molecule has 8 nitrogen and oxygen atoms in total. The van der Waals surface area contributed by atoms with Crippen molar-refractivity contribution < 1.29 is 4.79 Å². The van der Waals surface area contributed by atoms with E-state index < -0.39 is 0 Å². The molecule has 3 heterocycles. The molecular weight excluding hydrogens is 390 g/mol. The number of hydrogen-bond donors (Lipinski definition) is 2. The molecule has 1 amide bonds. The summed E-state index contributed by atoms with van der Waals surface area (Å²) in [6.45, 7) is 7.94. The van der Waals surface area contributed by atoms with Crippen LogP contribution in [0.25, 0.3) is 0 Å². The van der Waals surface area contributed by atoms with Gasteiger partial charge in [-0.2, -0.15) is 5.10 Å². The third kappa shape index (κ3) is 5.42. The lowest BCUT2D eigenvalue weighted by atomic mass is 10.1. The number of aromatic nitrogens is 3. The molecule has 1 atom stereocenters. The number of aryl methyl sites for hydroxylation is 2. The maximum atomic E-state index is 11.9. The van der Waals surface area contributed by atoms with Crippen molar-refractivity contribution in [2.24, 2.45) is 4.99 Å². The van der Waals surface area contributed by atoms with Crippen LogP contribution in [0.4, 0.5) is 0 Å². The van der Waals surface area contributed by atoms with E-state index in [1.54, 1.807) is 0 Å². The standard InChI is InChI=1S/C23H33N7O/c1-3-20-27-21-11-10-19(16-30(21)28-20)26-23(24-4-2)25-14-17-7-5-8-18(13-17)15-29-12-6-9-22(29)31/h5,7-8,13,19H,3-4,6,9-12,14-16H2,1-2H3,(H2,24,25,26). The first-order valence-corrected chi connectivity index (χ1v) is 11.5. The molecule has 0 radical (unpaired) electrons. The van der Waals surface area contributed by atoms with Crippen LogP contribution >= 0.6 is 0 Å². The molecule has 2 aliphatic rings. The lowest BCUT2D eigenvalue weighted by Crippen LogP contribution is -2.47. The van der Waals surface area contributed by atoms with Crippen LogP contribution in [0.1, 0.15) is 55.9 Å². The first-order chi connectivity index (χ1) is 15.1. The van der Waals surface area contributed by atoms with Crippen molar-refractivity contribution in [2.75, 3.05) is 13.1 Å². The molecule has 4 rings (SSSR count). The molecule has 166 valence electrons. The predicted molar refractivity (Wildman–Crippen MR) is 121 cm³/mol. The zero-order valence-corrected chi connectivity index (χ0v) is 18.6. The summed E-state index contributed by atoms with van der Waals surface area (Å²) in [5.41, 5.74) is 2.31. The number of guanidine groups is 1. The minimum atomic E-state index is 0.260. The van der Waals surface area contributed by atoms with E-state index >= 15 is 0 Å². The van der Waals surface area contributed by atoms with Gasteiger partial charge in [0.2, 0.25) is 5.91 Å². The number of amides is 1. The summed E-state index contributed by atoms with van der Waals surface area (Å²) in [6.07, 6.45) is 4.47. The molecule has 1 unspecified atom stereocenters. The van der Waals surface area contributed by atoms with Crippen molar-refractivity contribution in [3.63, 3.8) is 0 Å². The van der Waals surface area contributed by atoms with E-state index in [4.69, 9.17) is 4.99 Å². The maximum Gasteiger partial charge on any atom is 0.222 e. The second-order valence-corrected chi connectivity index (χ2v) is 8.29. The molecule has 1 fully saturated rings. The fraction of sp³-hybridized carbons (Fsp3) is 0.565. The van der Waals surface area contributed by atoms with E-state index in [9.17, 15) is 4.79 Å². The highest BCUT2D eigenvalue weighted by molar-refractivity contribution is 5.80. The first kappa shape index (κ1) is 21.3. The molecule has 0 saturated carbocycles. The highest BCUT2D eigenvalue weighted by Gasteiger charge is 2.22. The highest BCUT2D eigenvalue weighted by Crippen LogP contribution is 2.16.